The first kappa shape index (κ1) is 17.7. The molecule has 1 unspecified atom stereocenters. The molecule has 23 heavy (non-hydrogen) atoms. The molecule has 1 fully saturated rings. The fraction of sp³-hybridized carbons (Fsp3) is 0.562. The number of carbonyl (C=O) groups is 1. The molecule has 0 radical (unpaired) electrons. The molecule has 1 aliphatic heterocycles. The van der Waals surface area contributed by atoms with E-state index in [2.05, 4.69) is 0 Å². The van der Waals surface area contributed by atoms with E-state index < -0.39 is 11.7 Å². The summed E-state index contributed by atoms with van der Waals surface area (Å²) in [6.45, 7) is 1.75. The highest BCUT2D eigenvalue weighted by Gasteiger charge is 2.30. The fourth-order valence-corrected chi connectivity index (χ4v) is 2.49. The van der Waals surface area contributed by atoms with Crippen LogP contribution in [0.2, 0.25) is 0 Å². The molecule has 0 aliphatic carbocycles. The predicted octanol–water partition coefficient (Wildman–Crippen LogP) is 2.11. The van der Waals surface area contributed by atoms with E-state index in [0.717, 1.165) is 12.1 Å². The Bertz CT molecular complexity index is 516. The molecular weight excluding hydrogens is 311 g/mol. The predicted molar refractivity (Wildman–Crippen MR) is 77.7 cm³/mol. The number of carbonyl (C=O) groups excluding carboxylic acids is 1. The van der Waals surface area contributed by atoms with E-state index in [9.17, 15) is 23.1 Å². The van der Waals surface area contributed by atoms with Crippen LogP contribution in [0.4, 0.5) is 13.2 Å². The summed E-state index contributed by atoms with van der Waals surface area (Å²) in [5, 5.41) is 9.21. The van der Waals surface area contributed by atoms with Gasteiger partial charge in [-0.3, -0.25) is 4.79 Å². The second-order valence-corrected chi connectivity index (χ2v) is 5.66. The number of halogens is 3. The van der Waals surface area contributed by atoms with E-state index in [1.165, 1.54) is 12.1 Å². The van der Waals surface area contributed by atoms with Gasteiger partial charge in [0.1, 0.15) is 0 Å². The highest BCUT2D eigenvalue weighted by atomic mass is 19.4. The standard InChI is InChI=1S/C16H20F3NO3/c17-16(18,19)14-4-1-12(2-5-14)3-6-15(22)20-7-8-23-11-13(9-20)10-21/h1-2,4-5,13,21H,3,6-11H2. The smallest absolute Gasteiger partial charge is 0.396 e. The van der Waals surface area contributed by atoms with Crippen LogP contribution in [0, 0.1) is 5.92 Å². The summed E-state index contributed by atoms with van der Waals surface area (Å²) in [6.07, 6.45) is -3.73. The molecule has 1 saturated heterocycles. The molecule has 1 aromatic carbocycles. The van der Waals surface area contributed by atoms with Crippen molar-refractivity contribution >= 4 is 5.91 Å². The number of alkyl halides is 3. The Morgan fingerprint density at radius 2 is 2.00 bits per heavy atom. The lowest BCUT2D eigenvalue weighted by atomic mass is 10.1. The maximum atomic E-state index is 12.5. The van der Waals surface area contributed by atoms with Crippen molar-refractivity contribution in [2.24, 2.45) is 5.92 Å². The fourth-order valence-electron chi connectivity index (χ4n) is 2.49. The van der Waals surface area contributed by atoms with Crippen LogP contribution in [0.3, 0.4) is 0 Å². The topological polar surface area (TPSA) is 49.8 Å². The van der Waals surface area contributed by atoms with Crippen LogP contribution in [-0.2, 0) is 22.1 Å². The lowest BCUT2D eigenvalue weighted by Gasteiger charge is -2.22. The zero-order valence-corrected chi connectivity index (χ0v) is 12.7. The summed E-state index contributed by atoms with van der Waals surface area (Å²) in [5.74, 6) is -0.165. The quantitative estimate of drug-likeness (QED) is 0.919. The number of hydrogen-bond donors (Lipinski definition) is 1. The Labute approximate surface area is 132 Å². The van der Waals surface area contributed by atoms with Gasteiger partial charge in [0.25, 0.3) is 0 Å². The Kier molecular flexibility index (Phi) is 6.01. The second-order valence-electron chi connectivity index (χ2n) is 5.66. The maximum Gasteiger partial charge on any atom is 0.416 e. The van der Waals surface area contributed by atoms with Crippen molar-refractivity contribution in [3.8, 4) is 0 Å². The van der Waals surface area contributed by atoms with Crippen LogP contribution in [-0.4, -0.2) is 48.8 Å². The molecule has 0 spiro atoms. The molecule has 1 atom stereocenters. The van der Waals surface area contributed by atoms with Crippen LogP contribution >= 0.6 is 0 Å². The van der Waals surface area contributed by atoms with E-state index in [1.54, 1.807) is 4.90 Å². The van der Waals surface area contributed by atoms with E-state index in [4.69, 9.17) is 4.74 Å². The van der Waals surface area contributed by atoms with Crippen molar-refractivity contribution in [1.29, 1.82) is 0 Å². The first-order chi connectivity index (χ1) is 10.9. The number of benzene rings is 1. The molecule has 1 heterocycles. The number of nitrogens with zero attached hydrogens (tertiary/aromatic N) is 1. The van der Waals surface area contributed by atoms with E-state index in [-0.39, 0.29) is 24.9 Å². The minimum absolute atomic E-state index is 0.0390. The molecule has 0 bridgehead atoms. The maximum absolute atomic E-state index is 12.5. The van der Waals surface area contributed by atoms with Gasteiger partial charge in [-0.25, -0.2) is 0 Å². The van der Waals surface area contributed by atoms with Crippen molar-refractivity contribution in [2.45, 2.75) is 19.0 Å². The van der Waals surface area contributed by atoms with Crippen molar-refractivity contribution < 1.29 is 27.8 Å². The molecule has 2 rings (SSSR count). The van der Waals surface area contributed by atoms with Crippen molar-refractivity contribution in [3.63, 3.8) is 0 Å². The summed E-state index contributed by atoms with van der Waals surface area (Å²) in [6, 6.07) is 4.86. The number of rotatable bonds is 4. The van der Waals surface area contributed by atoms with Crippen molar-refractivity contribution in [1.82, 2.24) is 4.90 Å². The summed E-state index contributed by atoms with van der Waals surface area (Å²) in [7, 11) is 0. The first-order valence-electron chi connectivity index (χ1n) is 7.52. The number of amides is 1. The molecule has 1 N–H and O–H groups in total. The molecule has 0 saturated carbocycles. The molecular formula is C16H20F3NO3. The van der Waals surface area contributed by atoms with Gasteiger partial charge >= 0.3 is 6.18 Å². The van der Waals surface area contributed by atoms with Crippen molar-refractivity contribution in [2.75, 3.05) is 32.9 Å². The average molecular weight is 331 g/mol. The number of aryl methyl sites for hydroxylation is 1. The summed E-state index contributed by atoms with van der Waals surface area (Å²) in [5.41, 5.74) is -0.000777. The molecule has 7 heteroatoms. The van der Waals surface area contributed by atoms with Gasteiger partial charge in [-0.1, -0.05) is 12.1 Å². The van der Waals surface area contributed by atoms with E-state index >= 15 is 0 Å². The van der Waals surface area contributed by atoms with E-state index in [1.807, 2.05) is 0 Å². The molecule has 0 aromatic heterocycles. The average Bonchev–Trinajstić information content (AvgIpc) is 2.77. The van der Waals surface area contributed by atoms with Gasteiger partial charge in [0.15, 0.2) is 0 Å². The van der Waals surface area contributed by atoms with Gasteiger partial charge < -0.3 is 14.7 Å². The Morgan fingerprint density at radius 1 is 1.30 bits per heavy atom. The van der Waals surface area contributed by atoms with Gasteiger partial charge in [0.05, 0.1) is 18.8 Å². The molecule has 128 valence electrons. The highest BCUT2D eigenvalue weighted by Crippen LogP contribution is 2.29. The van der Waals surface area contributed by atoms with Gasteiger partial charge in [-0.05, 0) is 24.1 Å². The van der Waals surface area contributed by atoms with Crippen LogP contribution in [0.25, 0.3) is 0 Å². The van der Waals surface area contributed by atoms with Crippen LogP contribution in [0.15, 0.2) is 24.3 Å². The third-order valence-corrected chi connectivity index (χ3v) is 3.86. The Balaban J connectivity index is 1.88. The third kappa shape index (κ3) is 5.21. The zero-order chi connectivity index (χ0) is 16.9. The van der Waals surface area contributed by atoms with Gasteiger partial charge in [-0.15, -0.1) is 0 Å². The highest BCUT2D eigenvalue weighted by molar-refractivity contribution is 5.76. The lowest BCUT2D eigenvalue weighted by Crippen LogP contribution is -2.36. The second kappa shape index (κ2) is 7.79. The zero-order valence-electron chi connectivity index (χ0n) is 12.7. The number of ether oxygens (including phenoxy) is 1. The van der Waals surface area contributed by atoms with Crippen molar-refractivity contribution in [3.05, 3.63) is 35.4 Å². The molecule has 1 aliphatic rings. The number of aliphatic hydroxyl groups excluding tert-OH is 1. The molecule has 4 nitrogen and oxygen atoms in total. The SMILES string of the molecule is O=C(CCc1ccc(C(F)(F)F)cc1)N1CCOCC(CO)C1. The van der Waals surface area contributed by atoms with Crippen LogP contribution in [0.5, 0.6) is 0 Å². The summed E-state index contributed by atoms with van der Waals surface area (Å²) in [4.78, 5) is 13.9. The summed E-state index contributed by atoms with van der Waals surface area (Å²) < 4.78 is 42.8. The first-order valence-corrected chi connectivity index (χ1v) is 7.52. The number of hydrogen-bond acceptors (Lipinski definition) is 3. The summed E-state index contributed by atoms with van der Waals surface area (Å²) >= 11 is 0. The lowest BCUT2D eigenvalue weighted by molar-refractivity contribution is -0.137. The van der Waals surface area contributed by atoms with Gasteiger partial charge in [0, 0.05) is 32.0 Å². The molecule has 1 amide bonds. The number of aliphatic hydroxyl groups is 1. The van der Waals surface area contributed by atoms with Gasteiger partial charge in [-0.2, -0.15) is 13.2 Å². The Morgan fingerprint density at radius 3 is 2.61 bits per heavy atom. The Hall–Kier alpha value is -1.60. The molecule has 1 aromatic rings. The largest absolute Gasteiger partial charge is 0.416 e. The van der Waals surface area contributed by atoms with E-state index in [0.29, 0.717) is 38.3 Å². The minimum atomic E-state index is -4.35. The monoisotopic (exact) mass is 331 g/mol. The van der Waals surface area contributed by atoms with Crippen LogP contribution in [0.1, 0.15) is 17.5 Å². The van der Waals surface area contributed by atoms with Crippen LogP contribution < -0.4 is 0 Å². The minimum Gasteiger partial charge on any atom is -0.396 e. The normalized spacial score (nSPS) is 19.5. The third-order valence-electron chi connectivity index (χ3n) is 3.86. The van der Waals surface area contributed by atoms with Gasteiger partial charge in [0.2, 0.25) is 5.91 Å².